The molecule has 0 fully saturated rings. The Morgan fingerprint density at radius 3 is 2.39 bits per heavy atom. The summed E-state index contributed by atoms with van der Waals surface area (Å²) in [5.74, 6) is 6.33. The molecule has 7 nitrogen and oxygen atoms in total. The molecule has 2 aromatic rings. The van der Waals surface area contributed by atoms with E-state index in [1.54, 1.807) is 14.0 Å². The zero-order valence-electron chi connectivity index (χ0n) is 20.9. The fraction of sp³-hybridized carbons (Fsp3) is 0.423. The number of hydrazone groups is 1. The van der Waals surface area contributed by atoms with Gasteiger partial charge in [0.1, 0.15) is 17.2 Å². The summed E-state index contributed by atoms with van der Waals surface area (Å²) in [7, 11) is 1.57. The van der Waals surface area contributed by atoms with E-state index in [2.05, 4.69) is 36.2 Å². The lowest BCUT2D eigenvalue weighted by Gasteiger charge is -2.23. The van der Waals surface area contributed by atoms with Crippen molar-refractivity contribution in [3.05, 3.63) is 47.5 Å². The van der Waals surface area contributed by atoms with Crippen LogP contribution in [0.3, 0.4) is 0 Å². The van der Waals surface area contributed by atoms with Crippen molar-refractivity contribution in [2.75, 3.05) is 12.4 Å². The number of nitrogens with zero attached hydrogens (tertiary/aromatic N) is 2. The number of methoxy groups -OCH3 is 1. The zero-order chi connectivity index (χ0) is 24.8. The van der Waals surface area contributed by atoms with Gasteiger partial charge in [-0.05, 0) is 68.0 Å². The number of ether oxygens (including phenoxy) is 2. The van der Waals surface area contributed by atoms with Crippen molar-refractivity contribution in [2.24, 2.45) is 15.9 Å². The number of hydrogen-bond acceptors (Lipinski definition) is 6. The predicted molar refractivity (Wildman–Crippen MR) is 136 cm³/mol. The first kappa shape index (κ1) is 25.9. The van der Waals surface area contributed by atoms with E-state index < -0.39 is 5.91 Å². The third kappa shape index (κ3) is 6.81. The highest BCUT2D eigenvalue weighted by molar-refractivity contribution is 6.68. The lowest BCUT2D eigenvalue weighted by molar-refractivity contribution is -0.110. The molecule has 0 aliphatic rings. The largest absolute Gasteiger partial charge is 0.494 e. The third-order valence-electron chi connectivity index (χ3n) is 5.31. The lowest BCUT2D eigenvalue weighted by atomic mass is 9.87. The first-order valence-corrected chi connectivity index (χ1v) is 11.1. The standard InChI is InChI=1S/C26H36N4O3/c1-9-17(3)33-23-13-11-19(26(5,6)7)15-21(23)29-25(31)24(30-27)18(4)28-20-14-16(2)10-12-22(20)32-8/h10-15,17H,9,27H2,1-8H3,(H,29,31)/b28-18?,30-24+. The van der Waals surface area contributed by atoms with Crippen LogP contribution in [0.1, 0.15) is 59.1 Å². The lowest BCUT2D eigenvalue weighted by Crippen LogP contribution is -2.30. The highest BCUT2D eigenvalue weighted by Crippen LogP contribution is 2.33. The molecule has 0 spiro atoms. The van der Waals surface area contributed by atoms with Gasteiger partial charge in [-0.25, -0.2) is 4.99 Å². The molecule has 33 heavy (non-hydrogen) atoms. The van der Waals surface area contributed by atoms with E-state index in [4.69, 9.17) is 15.3 Å². The summed E-state index contributed by atoms with van der Waals surface area (Å²) in [6.07, 6.45) is 0.842. The molecule has 0 aliphatic carbocycles. The number of nitrogens with two attached hydrogens (primary N) is 1. The second-order valence-corrected chi connectivity index (χ2v) is 9.10. The van der Waals surface area contributed by atoms with Crippen molar-refractivity contribution < 1.29 is 14.3 Å². The molecule has 0 heterocycles. The Kier molecular flexibility index (Phi) is 8.63. The van der Waals surface area contributed by atoms with Gasteiger partial charge in [0.05, 0.1) is 24.6 Å². The number of amides is 1. The van der Waals surface area contributed by atoms with Gasteiger partial charge in [-0.2, -0.15) is 5.10 Å². The Hall–Kier alpha value is -3.35. The van der Waals surface area contributed by atoms with Crippen LogP contribution in [0.2, 0.25) is 0 Å². The molecular weight excluding hydrogens is 416 g/mol. The van der Waals surface area contributed by atoms with E-state index >= 15 is 0 Å². The van der Waals surface area contributed by atoms with E-state index in [0.717, 1.165) is 17.5 Å². The summed E-state index contributed by atoms with van der Waals surface area (Å²) in [5.41, 5.74) is 3.54. The Labute approximate surface area is 197 Å². The van der Waals surface area contributed by atoms with Crippen molar-refractivity contribution in [1.29, 1.82) is 0 Å². The minimum absolute atomic E-state index is 0.000804. The molecule has 2 aromatic carbocycles. The number of aryl methyl sites for hydroxylation is 1. The van der Waals surface area contributed by atoms with Gasteiger partial charge >= 0.3 is 0 Å². The molecule has 0 aromatic heterocycles. The van der Waals surface area contributed by atoms with Crippen LogP contribution in [-0.2, 0) is 10.2 Å². The maximum atomic E-state index is 13.2. The number of anilines is 1. The van der Waals surface area contributed by atoms with Crippen molar-refractivity contribution in [1.82, 2.24) is 0 Å². The highest BCUT2D eigenvalue weighted by Gasteiger charge is 2.21. The van der Waals surface area contributed by atoms with Gasteiger partial charge in [0, 0.05) is 0 Å². The average Bonchev–Trinajstić information content (AvgIpc) is 2.74. The van der Waals surface area contributed by atoms with Gasteiger partial charge in [-0.1, -0.05) is 39.8 Å². The minimum Gasteiger partial charge on any atom is -0.494 e. The summed E-state index contributed by atoms with van der Waals surface area (Å²) in [6.45, 7) is 14.0. The molecule has 3 N–H and O–H groups in total. The number of nitrogens with one attached hydrogen (secondary N) is 1. The molecule has 1 unspecified atom stereocenters. The van der Waals surface area contributed by atoms with Crippen molar-refractivity contribution >= 4 is 28.7 Å². The topological polar surface area (TPSA) is 98.3 Å². The summed E-state index contributed by atoms with van der Waals surface area (Å²) >= 11 is 0. The van der Waals surface area contributed by atoms with Gasteiger partial charge in [0.2, 0.25) is 0 Å². The van der Waals surface area contributed by atoms with Crippen molar-refractivity contribution in [3.8, 4) is 11.5 Å². The SMILES string of the molecule is CCC(C)Oc1ccc(C(C)(C)C)cc1NC(=O)/C(=N/N)C(C)=Nc1cc(C)ccc1OC. The first-order valence-electron chi connectivity index (χ1n) is 11.1. The Morgan fingerprint density at radius 1 is 1.15 bits per heavy atom. The number of carbonyl (C=O) groups is 1. The molecule has 0 bridgehead atoms. The predicted octanol–water partition coefficient (Wildman–Crippen LogP) is 5.52. The molecule has 1 atom stereocenters. The number of benzene rings is 2. The van der Waals surface area contributed by atoms with Crippen LogP contribution in [0.25, 0.3) is 0 Å². The van der Waals surface area contributed by atoms with Crippen LogP contribution in [0, 0.1) is 6.92 Å². The maximum Gasteiger partial charge on any atom is 0.278 e. The molecular formula is C26H36N4O3. The molecule has 7 heteroatoms. The van der Waals surface area contributed by atoms with Gasteiger partial charge < -0.3 is 20.6 Å². The zero-order valence-corrected chi connectivity index (χ0v) is 20.9. The van der Waals surface area contributed by atoms with E-state index in [1.165, 1.54) is 0 Å². The Balaban J connectivity index is 2.41. The monoisotopic (exact) mass is 452 g/mol. The summed E-state index contributed by atoms with van der Waals surface area (Å²) in [4.78, 5) is 17.7. The third-order valence-corrected chi connectivity index (χ3v) is 5.31. The van der Waals surface area contributed by atoms with Crippen molar-refractivity contribution in [2.45, 2.75) is 66.4 Å². The van der Waals surface area contributed by atoms with Crippen LogP contribution in [0.5, 0.6) is 11.5 Å². The smallest absolute Gasteiger partial charge is 0.278 e. The number of hydrogen-bond donors (Lipinski definition) is 2. The van der Waals surface area contributed by atoms with Crippen LogP contribution in [0.15, 0.2) is 46.5 Å². The molecule has 1 amide bonds. The van der Waals surface area contributed by atoms with E-state index in [9.17, 15) is 4.79 Å². The molecule has 0 aliphatic heterocycles. The second kappa shape index (κ2) is 11.0. The summed E-state index contributed by atoms with van der Waals surface area (Å²) < 4.78 is 11.4. The highest BCUT2D eigenvalue weighted by atomic mass is 16.5. The maximum absolute atomic E-state index is 13.2. The van der Waals surface area contributed by atoms with Crippen LogP contribution in [0.4, 0.5) is 11.4 Å². The average molecular weight is 453 g/mol. The molecule has 0 saturated heterocycles. The first-order chi connectivity index (χ1) is 15.5. The number of aliphatic imine (C=N–C) groups is 1. The van der Waals surface area contributed by atoms with Crippen LogP contribution in [-0.4, -0.2) is 30.5 Å². The second-order valence-electron chi connectivity index (χ2n) is 9.10. The normalized spacial score (nSPS) is 13.5. The molecule has 2 rings (SSSR count). The van der Waals surface area contributed by atoms with Gasteiger partial charge in [0.25, 0.3) is 5.91 Å². The van der Waals surface area contributed by atoms with Gasteiger partial charge in [-0.3, -0.25) is 4.79 Å². The summed E-state index contributed by atoms with van der Waals surface area (Å²) in [5, 5.41) is 6.65. The Bertz CT molecular complexity index is 1050. The number of rotatable bonds is 8. The quantitative estimate of drug-likeness (QED) is 0.313. The Morgan fingerprint density at radius 2 is 1.82 bits per heavy atom. The number of carbonyl (C=O) groups excluding carboxylic acids is 1. The fourth-order valence-corrected chi connectivity index (χ4v) is 3.12. The fourth-order valence-electron chi connectivity index (χ4n) is 3.12. The van der Waals surface area contributed by atoms with Crippen LogP contribution < -0.4 is 20.6 Å². The van der Waals surface area contributed by atoms with E-state index in [1.807, 2.05) is 57.2 Å². The van der Waals surface area contributed by atoms with Gasteiger partial charge in [0.15, 0.2) is 5.71 Å². The molecule has 0 saturated carbocycles. The minimum atomic E-state index is -0.467. The van der Waals surface area contributed by atoms with E-state index in [0.29, 0.717) is 28.6 Å². The van der Waals surface area contributed by atoms with Crippen LogP contribution >= 0.6 is 0 Å². The molecule has 0 radical (unpaired) electrons. The summed E-state index contributed by atoms with van der Waals surface area (Å²) in [6, 6.07) is 11.5. The van der Waals surface area contributed by atoms with Gasteiger partial charge in [-0.15, -0.1) is 0 Å². The van der Waals surface area contributed by atoms with E-state index in [-0.39, 0.29) is 17.2 Å². The van der Waals surface area contributed by atoms with Crippen molar-refractivity contribution in [3.63, 3.8) is 0 Å². The molecule has 178 valence electrons.